The number of hydrogen-bond acceptors (Lipinski definition) is 5. The summed E-state index contributed by atoms with van der Waals surface area (Å²) in [6.07, 6.45) is 3.65. The molecule has 1 N–H and O–H groups in total. The fourth-order valence-corrected chi connectivity index (χ4v) is 3.92. The Morgan fingerprint density at radius 3 is 2.48 bits per heavy atom. The molecule has 0 saturated carbocycles. The van der Waals surface area contributed by atoms with E-state index in [9.17, 15) is 9.59 Å². The highest BCUT2D eigenvalue weighted by atomic mass is 16.2. The molecule has 0 atom stereocenters. The van der Waals surface area contributed by atoms with E-state index in [1.807, 2.05) is 66.4 Å². The van der Waals surface area contributed by atoms with Gasteiger partial charge in [0.2, 0.25) is 5.91 Å². The summed E-state index contributed by atoms with van der Waals surface area (Å²) in [6.45, 7) is 1.33. The third-order valence-corrected chi connectivity index (χ3v) is 5.73. The summed E-state index contributed by atoms with van der Waals surface area (Å²) < 4.78 is 0. The molecule has 0 bridgehead atoms. The number of carbonyl (C=O) groups is 1. The SMILES string of the molecule is CN(C)c1ccc(CC(=O)N2CCC(c3nc(-c4ccccn4)cc(=O)[nH]3)CC2)cc1. The van der Waals surface area contributed by atoms with Gasteiger partial charge in [-0.25, -0.2) is 4.98 Å². The first kappa shape index (κ1) is 20.8. The molecule has 3 heterocycles. The predicted molar refractivity (Wildman–Crippen MR) is 121 cm³/mol. The first-order chi connectivity index (χ1) is 15.0. The van der Waals surface area contributed by atoms with Gasteiger partial charge in [0, 0.05) is 51.1 Å². The minimum absolute atomic E-state index is 0.125. The number of nitrogens with zero attached hydrogens (tertiary/aromatic N) is 4. The molecular weight excluding hydrogens is 390 g/mol. The fraction of sp³-hybridized carbons (Fsp3) is 0.333. The van der Waals surface area contributed by atoms with E-state index in [1.165, 1.54) is 6.07 Å². The Balaban J connectivity index is 1.39. The van der Waals surface area contributed by atoms with Crippen LogP contribution in [0.25, 0.3) is 11.4 Å². The molecule has 7 heteroatoms. The highest BCUT2D eigenvalue weighted by Crippen LogP contribution is 2.26. The Morgan fingerprint density at radius 1 is 1.10 bits per heavy atom. The Morgan fingerprint density at radius 2 is 1.84 bits per heavy atom. The molecule has 0 radical (unpaired) electrons. The Kier molecular flexibility index (Phi) is 6.11. The van der Waals surface area contributed by atoms with Crippen LogP contribution >= 0.6 is 0 Å². The number of nitrogens with one attached hydrogen (secondary N) is 1. The number of carbonyl (C=O) groups excluding carboxylic acids is 1. The number of benzene rings is 1. The standard InChI is InChI=1S/C24H27N5O2/c1-28(2)19-8-6-17(7-9-19)15-23(31)29-13-10-18(11-14-29)24-26-21(16-22(30)27-24)20-5-3-4-12-25-20/h3-9,12,16,18H,10-11,13-15H2,1-2H3,(H,26,27,30). The fourth-order valence-electron chi connectivity index (χ4n) is 3.92. The van der Waals surface area contributed by atoms with Crippen LogP contribution in [-0.2, 0) is 11.2 Å². The predicted octanol–water partition coefficient (Wildman–Crippen LogP) is 2.85. The van der Waals surface area contributed by atoms with E-state index in [0.717, 1.165) is 24.1 Å². The smallest absolute Gasteiger partial charge is 0.251 e. The van der Waals surface area contributed by atoms with Crippen molar-refractivity contribution in [3.63, 3.8) is 0 Å². The minimum Gasteiger partial charge on any atom is -0.378 e. The number of rotatable bonds is 5. The van der Waals surface area contributed by atoms with Crippen molar-refractivity contribution in [3.05, 3.63) is 76.5 Å². The third-order valence-electron chi connectivity index (χ3n) is 5.73. The van der Waals surface area contributed by atoms with Crippen molar-refractivity contribution < 1.29 is 4.79 Å². The molecule has 0 unspecified atom stereocenters. The van der Waals surface area contributed by atoms with Crippen LogP contribution in [0.3, 0.4) is 0 Å². The van der Waals surface area contributed by atoms with Crippen LogP contribution in [0.5, 0.6) is 0 Å². The zero-order chi connectivity index (χ0) is 21.8. The molecule has 1 aliphatic rings. The van der Waals surface area contributed by atoms with Crippen LogP contribution in [0.15, 0.2) is 59.5 Å². The van der Waals surface area contributed by atoms with Crippen molar-refractivity contribution in [1.29, 1.82) is 0 Å². The molecule has 1 fully saturated rings. The quantitative estimate of drug-likeness (QED) is 0.690. The maximum absolute atomic E-state index is 12.8. The molecule has 3 aromatic rings. The number of anilines is 1. The molecule has 7 nitrogen and oxygen atoms in total. The summed E-state index contributed by atoms with van der Waals surface area (Å²) in [5.74, 6) is 0.944. The van der Waals surface area contributed by atoms with Gasteiger partial charge in [-0.15, -0.1) is 0 Å². The van der Waals surface area contributed by atoms with Crippen LogP contribution in [-0.4, -0.2) is 52.9 Å². The first-order valence-corrected chi connectivity index (χ1v) is 10.6. The van der Waals surface area contributed by atoms with Crippen LogP contribution in [0.4, 0.5) is 5.69 Å². The zero-order valence-corrected chi connectivity index (χ0v) is 17.9. The largest absolute Gasteiger partial charge is 0.378 e. The maximum Gasteiger partial charge on any atom is 0.251 e. The molecule has 31 heavy (non-hydrogen) atoms. The van der Waals surface area contributed by atoms with E-state index in [2.05, 4.69) is 15.0 Å². The molecule has 1 aliphatic heterocycles. The van der Waals surface area contributed by atoms with Gasteiger partial charge < -0.3 is 14.8 Å². The van der Waals surface area contributed by atoms with Crippen LogP contribution in [0.1, 0.15) is 30.1 Å². The topological polar surface area (TPSA) is 82.2 Å². The number of amides is 1. The molecule has 160 valence electrons. The summed E-state index contributed by atoms with van der Waals surface area (Å²) in [4.78, 5) is 40.7. The maximum atomic E-state index is 12.8. The number of aromatic nitrogens is 3. The van der Waals surface area contributed by atoms with Gasteiger partial charge in [-0.2, -0.15) is 0 Å². The third kappa shape index (κ3) is 4.99. The Labute approximate surface area is 181 Å². The number of likely N-dealkylation sites (tertiary alicyclic amines) is 1. The lowest BCUT2D eigenvalue weighted by Gasteiger charge is -2.31. The molecular formula is C24H27N5O2. The monoisotopic (exact) mass is 417 g/mol. The molecule has 0 spiro atoms. The summed E-state index contributed by atoms with van der Waals surface area (Å²) in [6, 6.07) is 15.1. The summed E-state index contributed by atoms with van der Waals surface area (Å²) in [7, 11) is 4.00. The van der Waals surface area contributed by atoms with E-state index in [1.54, 1.807) is 6.20 Å². The van der Waals surface area contributed by atoms with E-state index in [-0.39, 0.29) is 17.4 Å². The van der Waals surface area contributed by atoms with Crippen molar-refractivity contribution in [1.82, 2.24) is 19.9 Å². The molecule has 1 aromatic carbocycles. The number of piperidine rings is 1. The van der Waals surface area contributed by atoms with Gasteiger partial charge in [0.25, 0.3) is 5.56 Å². The number of aromatic amines is 1. The average molecular weight is 418 g/mol. The van der Waals surface area contributed by atoms with E-state index >= 15 is 0 Å². The number of H-pyrrole nitrogens is 1. The number of pyridine rings is 1. The van der Waals surface area contributed by atoms with Crippen molar-refractivity contribution in [2.45, 2.75) is 25.2 Å². The van der Waals surface area contributed by atoms with Gasteiger partial charge in [-0.1, -0.05) is 18.2 Å². The van der Waals surface area contributed by atoms with E-state index in [0.29, 0.717) is 36.7 Å². The second-order valence-electron chi connectivity index (χ2n) is 8.12. The average Bonchev–Trinajstić information content (AvgIpc) is 2.79. The summed E-state index contributed by atoms with van der Waals surface area (Å²) in [5, 5.41) is 0. The van der Waals surface area contributed by atoms with Gasteiger partial charge >= 0.3 is 0 Å². The van der Waals surface area contributed by atoms with Gasteiger partial charge in [-0.3, -0.25) is 14.6 Å². The van der Waals surface area contributed by atoms with Gasteiger partial charge in [-0.05, 0) is 42.7 Å². The molecule has 1 amide bonds. The van der Waals surface area contributed by atoms with Crippen molar-refractivity contribution in [2.24, 2.45) is 0 Å². The van der Waals surface area contributed by atoms with Crippen LogP contribution < -0.4 is 10.5 Å². The number of hydrogen-bond donors (Lipinski definition) is 1. The summed E-state index contributed by atoms with van der Waals surface area (Å²) >= 11 is 0. The molecule has 4 rings (SSSR count). The van der Waals surface area contributed by atoms with E-state index in [4.69, 9.17) is 0 Å². The molecule has 1 saturated heterocycles. The zero-order valence-electron chi connectivity index (χ0n) is 17.9. The molecule has 2 aromatic heterocycles. The first-order valence-electron chi connectivity index (χ1n) is 10.6. The lowest BCUT2D eigenvalue weighted by atomic mass is 9.95. The van der Waals surface area contributed by atoms with Gasteiger partial charge in [0.1, 0.15) is 5.82 Å². The van der Waals surface area contributed by atoms with Crippen LogP contribution in [0.2, 0.25) is 0 Å². The van der Waals surface area contributed by atoms with Crippen molar-refractivity contribution in [2.75, 3.05) is 32.1 Å². The van der Waals surface area contributed by atoms with Gasteiger partial charge in [0.15, 0.2) is 0 Å². The van der Waals surface area contributed by atoms with Crippen molar-refractivity contribution in [3.8, 4) is 11.4 Å². The lowest BCUT2D eigenvalue weighted by Crippen LogP contribution is -2.39. The highest BCUT2D eigenvalue weighted by Gasteiger charge is 2.25. The Hall–Kier alpha value is -3.48. The normalized spacial score (nSPS) is 14.5. The van der Waals surface area contributed by atoms with Crippen molar-refractivity contribution >= 4 is 11.6 Å². The van der Waals surface area contributed by atoms with Crippen LogP contribution in [0, 0.1) is 0 Å². The Bertz CT molecular complexity index is 1080. The second kappa shape index (κ2) is 9.12. The lowest BCUT2D eigenvalue weighted by molar-refractivity contribution is -0.131. The minimum atomic E-state index is -0.176. The second-order valence-corrected chi connectivity index (χ2v) is 8.12. The molecule has 0 aliphatic carbocycles. The van der Waals surface area contributed by atoms with E-state index < -0.39 is 0 Å². The summed E-state index contributed by atoms with van der Waals surface area (Å²) in [5.41, 5.74) is 3.23. The highest BCUT2D eigenvalue weighted by molar-refractivity contribution is 5.79. The van der Waals surface area contributed by atoms with Gasteiger partial charge in [0.05, 0.1) is 17.8 Å².